The van der Waals surface area contributed by atoms with E-state index in [1.54, 1.807) is 11.8 Å². The van der Waals surface area contributed by atoms with Crippen molar-refractivity contribution in [2.45, 2.75) is 17.9 Å². The summed E-state index contributed by atoms with van der Waals surface area (Å²) in [7, 11) is 0. The van der Waals surface area contributed by atoms with Crippen LogP contribution in [0.3, 0.4) is 0 Å². The van der Waals surface area contributed by atoms with E-state index in [0.717, 1.165) is 35.3 Å². The number of aliphatic hydroxyl groups excluding tert-OH is 1. The number of anilines is 1. The molecule has 0 radical (unpaired) electrons. The van der Waals surface area contributed by atoms with Crippen molar-refractivity contribution in [1.29, 1.82) is 0 Å². The van der Waals surface area contributed by atoms with Crippen molar-refractivity contribution in [3.8, 4) is 0 Å². The lowest BCUT2D eigenvalue weighted by Gasteiger charge is -2.08. The van der Waals surface area contributed by atoms with Gasteiger partial charge in [0.25, 0.3) is 0 Å². The van der Waals surface area contributed by atoms with Gasteiger partial charge in [0.05, 0.1) is 11.7 Å². The molecular formula is C17H19N3OS. The number of aromatic amines is 1. The fraction of sp³-hybridized carbons (Fsp3) is 0.235. The molecule has 5 heteroatoms. The Labute approximate surface area is 133 Å². The number of rotatable bonds is 7. The first-order chi connectivity index (χ1) is 10.9. The van der Waals surface area contributed by atoms with Crippen LogP contribution in [0.4, 0.5) is 5.69 Å². The minimum absolute atomic E-state index is 0.256. The van der Waals surface area contributed by atoms with Crippen LogP contribution in [-0.4, -0.2) is 27.7 Å². The Morgan fingerprint density at radius 2 is 2.00 bits per heavy atom. The predicted octanol–water partition coefficient (Wildman–Crippen LogP) is 3.65. The molecule has 0 aliphatic heterocycles. The van der Waals surface area contributed by atoms with Gasteiger partial charge in [-0.1, -0.05) is 18.2 Å². The second kappa shape index (κ2) is 7.33. The summed E-state index contributed by atoms with van der Waals surface area (Å²) in [6.45, 7) is 1.02. The molecule has 0 amide bonds. The highest BCUT2D eigenvalue weighted by molar-refractivity contribution is 7.99. The van der Waals surface area contributed by atoms with Gasteiger partial charge in [0.15, 0.2) is 0 Å². The molecule has 114 valence electrons. The molecule has 0 aliphatic carbocycles. The second-order valence-electron chi connectivity index (χ2n) is 5.05. The smallest absolute Gasteiger partial charge is 0.0700 e. The summed E-state index contributed by atoms with van der Waals surface area (Å²) in [5, 5.41) is 20.5. The number of nitrogens with one attached hydrogen (secondary N) is 2. The average Bonchev–Trinajstić information content (AvgIpc) is 3.03. The molecule has 0 bridgehead atoms. The third kappa shape index (κ3) is 3.61. The number of nitrogens with zero attached hydrogens (tertiary/aromatic N) is 1. The second-order valence-corrected chi connectivity index (χ2v) is 6.22. The van der Waals surface area contributed by atoms with Crippen molar-refractivity contribution < 1.29 is 5.11 Å². The van der Waals surface area contributed by atoms with Crippen molar-refractivity contribution in [3.63, 3.8) is 0 Å². The fourth-order valence-electron chi connectivity index (χ4n) is 2.30. The molecule has 0 saturated heterocycles. The van der Waals surface area contributed by atoms with Gasteiger partial charge in [-0.3, -0.25) is 5.10 Å². The number of hydrogen-bond donors (Lipinski definition) is 3. The quantitative estimate of drug-likeness (QED) is 0.460. The van der Waals surface area contributed by atoms with Gasteiger partial charge in [-0.15, -0.1) is 11.8 Å². The number of hydrogen-bond acceptors (Lipinski definition) is 4. The molecule has 22 heavy (non-hydrogen) atoms. The maximum absolute atomic E-state index is 8.80. The molecule has 0 atom stereocenters. The maximum Gasteiger partial charge on any atom is 0.0700 e. The molecule has 4 nitrogen and oxygen atoms in total. The third-order valence-corrected chi connectivity index (χ3v) is 4.57. The Morgan fingerprint density at radius 1 is 1.14 bits per heavy atom. The van der Waals surface area contributed by atoms with Crippen molar-refractivity contribution in [2.75, 3.05) is 17.7 Å². The van der Waals surface area contributed by atoms with Crippen LogP contribution in [0, 0.1) is 0 Å². The first-order valence-electron chi connectivity index (χ1n) is 7.35. The summed E-state index contributed by atoms with van der Waals surface area (Å²) < 4.78 is 0. The topological polar surface area (TPSA) is 60.9 Å². The summed E-state index contributed by atoms with van der Waals surface area (Å²) in [5.41, 5.74) is 3.39. The molecule has 0 saturated carbocycles. The monoisotopic (exact) mass is 313 g/mol. The summed E-state index contributed by atoms with van der Waals surface area (Å²) in [6.07, 6.45) is 2.68. The van der Waals surface area contributed by atoms with E-state index < -0.39 is 0 Å². The van der Waals surface area contributed by atoms with Crippen LogP contribution in [0.2, 0.25) is 0 Å². The molecule has 2 aromatic carbocycles. The number of benzene rings is 2. The zero-order valence-electron chi connectivity index (χ0n) is 12.2. The van der Waals surface area contributed by atoms with E-state index in [2.05, 4.69) is 58.0 Å². The lowest BCUT2D eigenvalue weighted by molar-refractivity contribution is 0.296. The highest BCUT2D eigenvalue weighted by Crippen LogP contribution is 2.22. The van der Waals surface area contributed by atoms with Crippen molar-refractivity contribution in [3.05, 3.63) is 54.2 Å². The average molecular weight is 313 g/mol. The molecule has 0 fully saturated rings. The summed E-state index contributed by atoms with van der Waals surface area (Å²) in [6, 6.07) is 14.6. The van der Waals surface area contributed by atoms with Crippen LogP contribution < -0.4 is 5.32 Å². The first kappa shape index (κ1) is 14.9. The minimum atomic E-state index is 0.256. The maximum atomic E-state index is 8.80. The van der Waals surface area contributed by atoms with E-state index >= 15 is 0 Å². The molecule has 3 N–H and O–H groups in total. The molecule has 0 spiro atoms. The molecule has 3 aromatic rings. The number of fused-ring (bicyclic) bond motifs is 1. The highest BCUT2D eigenvalue weighted by Gasteiger charge is 2.02. The minimum Gasteiger partial charge on any atom is -0.396 e. The van der Waals surface area contributed by atoms with Gasteiger partial charge in [-0.2, -0.15) is 5.10 Å². The van der Waals surface area contributed by atoms with Crippen molar-refractivity contribution in [1.82, 2.24) is 10.2 Å². The Kier molecular flexibility index (Phi) is 4.98. The summed E-state index contributed by atoms with van der Waals surface area (Å²) in [5.74, 6) is 0.950. The first-order valence-corrected chi connectivity index (χ1v) is 8.34. The van der Waals surface area contributed by atoms with Crippen molar-refractivity contribution >= 4 is 28.4 Å². The van der Waals surface area contributed by atoms with Crippen LogP contribution in [-0.2, 0) is 6.54 Å². The van der Waals surface area contributed by atoms with Gasteiger partial charge in [0, 0.05) is 34.9 Å². The zero-order chi connectivity index (χ0) is 15.2. The van der Waals surface area contributed by atoms with Gasteiger partial charge < -0.3 is 10.4 Å². The molecule has 0 unspecified atom stereocenters. The van der Waals surface area contributed by atoms with Gasteiger partial charge in [0.1, 0.15) is 0 Å². The Bertz CT molecular complexity index is 724. The van der Waals surface area contributed by atoms with E-state index in [1.165, 1.54) is 10.5 Å². The van der Waals surface area contributed by atoms with Crippen LogP contribution in [0.15, 0.2) is 53.6 Å². The molecule has 1 heterocycles. The van der Waals surface area contributed by atoms with Crippen LogP contribution in [0.1, 0.15) is 12.0 Å². The fourth-order valence-corrected chi connectivity index (χ4v) is 3.14. The van der Waals surface area contributed by atoms with E-state index in [0.29, 0.717) is 0 Å². The Balaban J connectivity index is 1.60. The van der Waals surface area contributed by atoms with Gasteiger partial charge >= 0.3 is 0 Å². The zero-order valence-corrected chi connectivity index (χ0v) is 13.1. The van der Waals surface area contributed by atoms with Gasteiger partial charge in [-0.05, 0) is 36.2 Å². The normalized spacial score (nSPS) is 11.0. The predicted molar refractivity (Wildman–Crippen MR) is 92.3 cm³/mol. The number of H-pyrrole nitrogens is 1. The van der Waals surface area contributed by atoms with Crippen molar-refractivity contribution in [2.24, 2.45) is 0 Å². The van der Waals surface area contributed by atoms with Gasteiger partial charge in [-0.25, -0.2) is 0 Å². The Morgan fingerprint density at radius 3 is 2.82 bits per heavy atom. The lowest BCUT2D eigenvalue weighted by atomic mass is 10.1. The van der Waals surface area contributed by atoms with Crippen LogP contribution in [0.25, 0.3) is 10.9 Å². The number of para-hydroxylation sites is 1. The van der Waals surface area contributed by atoms with Crippen LogP contribution >= 0.6 is 11.8 Å². The largest absolute Gasteiger partial charge is 0.396 e. The summed E-state index contributed by atoms with van der Waals surface area (Å²) >= 11 is 1.77. The molecule has 0 aliphatic rings. The number of aliphatic hydroxyl groups is 1. The SMILES string of the molecule is OCCCSc1ccc(NCc2cccc3cn[nH]c23)cc1. The number of aromatic nitrogens is 2. The van der Waals surface area contributed by atoms with Gasteiger partial charge in [0.2, 0.25) is 0 Å². The summed E-state index contributed by atoms with van der Waals surface area (Å²) in [4.78, 5) is 1.23. The lowest BCUT2D eigenvalue weighted by Crippen LogP contribution is -2.00. The standard InChI is InChI=1S/C17H19N3OS/c21-9-2-10-22-16-7-5-15(6-8-16)18-11-13-3-1-4-14-12-19-20-17(13)14/h1,3-8,12,18,21H,2,9-11H2,(H,19,20). The van der Waals surface area contributed by atoms with E-state index in [4.69, 9.17) is 5.11 Å². The van der Waals surface area contributed by atoms with E-state index in [-0.39, 0.29) is 6.61 Å². The number of thioether (sulfide) groups is 1. The molecular weight excluding hydrogens is 294 g/mol. The van der Waals surface area contributed by atoms with E-state index in [9.17, 15) is 0 Å². The molecule has 3 rings (SSSR count). The Hall–Kier alpha value is -1.98. The molecule has 1 aromatic heterocycles. The third-order valence-electron chi connectivity index (χ3n) is 3.47. The van der Waals surface area contributed by atoms with E-state index in [1.807, 2.05) is 6.20 Å². The van der Waals surface area contributed by atoms with Crippen LogP contribution in [0.5, 0.6) is 0 Å². The highest BCUT2D eigenvalue weighted by atomic mass is 32.2.